The first-order valence-corrected chi connectivity index (χ1v) is 29.3. The zero-order valence-corrected chi connectivity index (χ0v) is 49.9. The molecule has 1 aliphatic carbocycles. The third-order valence-electron chi connectivity index (χ3n) is 17.5. The number of fused-ring (bicyclic) bond motifs is 4. The van der Waals surface area contributed by atoms with Gasteiger partial charge in [0, 0.05) is 104 Å². The van der Waals surface area contributed by atoms with Crippen molar-refractivity contribution in [3.05, 3.63) is 157 Å². The minimum Gasteiger partial charge on any atom is -0.496 e. The van der Waals surface area contributed by atoms with E-state index >= 15 is 0 Å². The Morgan fingerprint density at radius 1 is 0.691 bits per heavy atom. The van der Waals surface area contributed by atoms with E-state index in [1.807, 2.05) is 71.5 Å². The fourth-order valence-corrected chi connectivity index (χ4v) is 13.4. The van der Waals surface area contributed by atoms with Crippen molar-refractivity contribution in [2.45, 2.75) is 104 Å². The Hall–Kier alpha value is -7.17. The number of ether oxygens (including phenoxy) is 1. The summed E-state index contributed by atoms with van der Waals surface area (Å²) in [6.45, 7) is 19.8. The molecule has 11 rings (SSSR count). The summed E-state index contributed by atoms with van der Waals surface area (Å²) >= 11 is 10.2. The number of likely N-dealkylation sites (N-methyl/N-ethyl adjacent to an activating group) is 2. The SMILES string of the molecule is C=CC(=O)N1CC(N(C)C(=O)Cn2c(C)c(C(=O)N3CCc4c(CC)cccc4C3)c3cc(Br)cc(C)c32)C1.C=CC(=O)N1CC(N(C)C(=O)Cn2c(CC3CC3)c(C(=O)N3CCc4c(cccc4OC)C3)c3cc(Cl)cc(C)c32)C1. The van der Waals surface area contributed by atoms with Crippen LogP contribution in [0.5, 0.6) is 5.75 Å². The molecule has 0 N–H and O–H groups in total. The summed E-state index contributed by atoms with van der Waals surface area (Å²) in [4.78, 5) is 90.1. The first-order chi connectivity index (χ1) is 38.8. The fraction of sp³-hybridized carbons (Fsp3) is 0.406. The lowest BCUT2D eigenvalue weighted by Gasteiger charge is -2.43. The predicted octanol–water partition coefficient (Wildman–Crippen LogP) is 9.25. The molecule has 0 atom stereocenters. The Morgan fingerprint density at radius 3 is 1.78 bits per heavy atom. The maximum absolute atomic E-state index is 14.4. The molecule has 0 radical (unpaired) electrons. The first-order valence-electron chi connectivity index (χ1n) is 28.1. The summed E-state index contributed by atoms with van der Waals surface area (Å²) < 4.78 is 10.5. The van der Waals surface area contributed by atoms with E-state index in [-0.39, 0.29) is 60.6 Å². The van der Waals surface area contributed by atoms with Crippen molar-refractivity contribution in [3.8, 4) is 5.75 Å². The molecule has 5 aliphatic rings. The molecule has 4 aromatic carbocycles. The molecule has 1 saturated carbocycles. The molecule has 6 aromatic rings. The van der Waals surface area contributed by atoms with Gasteiger partial charge in [-0.2, -0.15) is 0 Å². The van der Waals surface area contributed by atoms with Gasteiger partial charge in [0.25, 0.3) is 11.8 Å². The number of halogens is 2. The van der Waals surface area contributed by atoms with E-state index in [2.05, 4.69) is 64.8 Å². The number of nitrogens with zero attached hydrogens (tertiary/aromatic N) is 8. The van der Waals surface area contributed by atoms with Crippen LogP contribution in [0.4, 0.5) is 0 Å². The number of aryl methyl sites for hydroxylation is 3. The quantitative estimate of drug-likeness (QED) is 0.0991. The van der Waals surface area contributed by atoms with Gasteiger partial charge in [-0.25, -0.2) is 0 Å². The number of carbonyl (C=O) groups excluding carboxylic acids is 6. The number of hydrogen-bond acceptors (Lipinski definition) is 7. The Labute approximate surface area is 487 Å². The van der Waals surface area contributed by atoms with Gasteiger partial charge in [0.15, 0.2) is 0 Å². The average molecular weight is 1180 g/mol. The van der Waals surface area contributed by atoms with E-state index in [4.69, 9.17) is 16.3 Å². The van der Waals surface area contributed by atoms with Crippen molar-refractivity contribution in [2.75, 3.05) is 60.5 Å². The zero-order chi connectivity index (χ0) is 57.7. The Kier molecular flexibility index (Phi) is 16.5. The zero-order valence-electron chi connectivity index (χ0n) is 47.6. The maximum atomic E-state index is 14.4. The highest BCUT2D eigenvalue weighted by molar-refractivity contribution is 9.10. The minimum absolute atomic E-state index is 0.000299. The lowest BCUT2D eigenvalue weighted by molar-refractivity contribution is -0.142. The van der Waals surface area contributed by atoms with E-state index in [1.165, 1.54) is 28.8 Å². The molecule has 15 nitrogen and oxygen atoms in total. The standard InChI is InChI=1S/C33H37ClN4O4.C31H35BrN4O3/c1-5-29(39)37-17-24(18-37)35(3)30(40)19-38-27(14-21-9-10-21)31(26-15-23(34)13-20(2)32(26)38)33(41)36-12-11-25-22(16-36)7-6-8-28(25)42-4;1-6-21-9-8-10-22-15-34(12-11-25(21)22)31(39)29-20(4)36(30-19(3)13-23(32)14-26(29)30)18-28(38)33(5)24-16-35(17-24)27(37)7-2/h5-8,13,15,21,24H,1,9-12,14,16-19H2,2-4H3;7-10,13-14,24H,2,6,11-12,15-18H2,1,3-5H3. The van der Waals surface area contributed by atoms with Crippen LogP contribution in [-0.4, -0.2) is 147 Å². The van der Waals surface area contributed by atoms with E-state index in [9.17, 15) is 28.8 Å². The average Bonchev–Trinajstić information content (AvgIpc) is 4.19. The second kappa shape index (κ2) is 23.4. The van der Waals surface area contributed by atoms with Crippen LogP contribution < -0.4 is 4.74 Å². The molecular formula is C64H72BrClN8O7. The molecule has 81 heavy (non-hydrogen) atoms. The van der Waals surface area contributed by atoms with Gasteiger partial charge in [-0.05, 0) is 141 Å². The molecule has 0 bridgehead atoms. The molecule has 6 amide bonds. The summed E-state index contributed by atoms with van der Waals surface area (Å²) in [5.41, 5.74) is 13.0. The lowest BCUT2D eigenvalue weighted by atomic mass is 9.93. The maximum Gasteiger partial charge on any atom is 0.256 e. The second-order valence-electron chi connectivity index (χ2n) is 22.5. The molecule has 0 spiro atoms. The number of aromatic nitrogens is 2. The van der Waals surface area contributed by atoms with Crippen molar-refractivity contribution in [3.63, 3.8) is 0 Å². The third-order valence-corrected chi connectivity index (χ3v) is 18.2. The first kappa shape index (κ1) is 57.1. The molecule has 4 aliphatic heterocycles. The molecule has 17 heteroatoms. The minimum atomic E-state index is -0.121. The van der Waals surface area contributed by atoms with Crippen LogP contribution in [0, 0.1) is 26.7 Å². The Morgan fingerprint density at radius 2 is 1.21 bits per heavy atom. The van der Waals surface area contributed by atoms with E-state index < -0.39 is 0 Å². The van der Waals surface area contributed by atoms with Crippen molar-refractivity contribution in [1.29, 1.82) is 0 Å². The number of benzene rings is 4. The fourth-order valence-electron chi connectivity index (χ4n) is 12.5. The largest absolute Gasteiger partial charge is 0.496 e. The van der Waals surface area contributed by atoms with Gasteiger partial charge in [-0.1, -0.05) is 77.9 Å². The highest BCUT2D eigenvalue weighted by Gasteiger charge is 2.39. The normalized spacial score (nSPS) is 16.0. The van der Waals surface area contributed by atoms with E-state index in [1.54, 1.807) is 40.8 Å². The van der Waals surface area contributed by atoms with Gasteiger partial charge in [-0.3, -0.25) is 28.8 Å². The Bertz CT molecular complexity index is 3570. The van der Waals surface area contributed by atoms with Crippen LogP contribution in [-0.2, 0) is 71.0 Å². The van der Waals surface area contributed by atoms with E-state index in [0.29, 0.717) is 74.4 Å². The number of carbonyl (C=O) groups is 6. The van der Waals surface area contributed by atoms with Gasteiger partial charge < -0.3 is 43.3 Å². The molecule has 0 unspecified atom stereocenters. The van der Waals surface area contributed by atoms with Crippen LogP contribution >= 0.6 is 27.5 Å². The summed E-state index contributed by atoms with van der Waals surface area (Å²) in [6.07, 6.45) is 8.15. The topological polar surface area (TPSA) is 141 Å². The molecular weight excluding hydrogens is 1110 g/mol. The highest BCUT2D eigenvalue weighted by Crippen LogP contribution is 2.41. The molecule has 6 heterocycles. The van der Waals surface area contributed by atoms with Gasteiger partial charge in [0.1, 0.15) is 18.8 Å². The van der Waals surface area contributed by atoms with Crippen LogP contribution in [0.2, 0.25) is 5.02 Å². The summed E-state index contributed by atoms with van der Waals surface area (Å²) in [6, 6.07) is 20.1. The third kappa shape index (κ3) is 11.1. The van der Waals surface area contributed by atoms with Crippen LogP contribution in [0.25, 0.3) is 21.8 Å². The number of amides is 6. The summed E-state index contributed by atoms with van der Waals surface area (Å²) in [5.74, 6) is 0.999. The van der Waals surface area contributed by atoms with Crippen molar-refractivity contribution in [1.82, 2.24) is 38.5 Å². The second-order valence-corrected chi connectivity index (χ2v) is 23.9. The van der Waals surface area contributed by atoms with Crippen LogP contribution in [0.15, 0.2) is 90.4 Å². The highest BCUT2D eigenvalue weighted by atomic mass is 79.9. The smallest absolute Gasteiger partial charge is 0.256 e. The van der Waals surface area contributed by atoms with Gasteiger partial charge >= 0.3 is 0 Å². The number of likely N-dealkylation sites (tertiary alicyclic amines) is 2. The number of rotatable bonds is 14. The van der Waals surface area contributed by atoms with E-state index in [0.717, 1.165) is 104 Å². The predicted molar refractivity (Wildman–Crippen MR) is 320 cm³/mol. The summed E-state index contributed by atoms with van der Waals surface area (Å²) in [7, 11) is 5.26. The van der Waals surface area contributed by atoms with Gasteiger partial charge in [0.05, 0.1) is 41.4 Å². The summed E-state index contributed by atoms with van der Waals surface area (Å²) in [5, 5.41) is 2.24. The molecule has 3 fully saturated rings. The van der Waals surface area contributed by atoms with Crippen molar-refractivity contribution < 1.29 is 33.5 Å². The van der Waals surface area contributed by atoms with Gasteiger partial charge in [-0.15, -0.1) is 0 Å². The molecule has 2 saturated heterocycles. The lowest BCUT2D eigenvalue weighted by Crippen LogP contribution is -2.61. The molecule has 2 aromatic heterocycles. The monoisotopic (exact) mass is 1180 g/mol. The molecule has 424 valence electrons. The van der Waals surface area contributed by atoms with Crippen LogP contribution in [0.1, 0.15) is 90.8 Å². The van der Waals surface area contributed by atoms with Crippen molar-refractivity contribution >= 4 is 84.8 Å². The van der Waals surface area contributed by atoms with Crippen LogP contribution in [0.3, 0.4) is 0 Å². The number of hydrogen-bond donors (Lipinski definition) is 0. The van der Waals surface area contributed by atoms with Crippen molar-refractivity contribution in [2.24, 2.45) is 5.92 Å². The number of methoxy groups -OCH3 is 1. The van der Waals surface area contributed by atoms with Gasteiger partial charge in [0.2, 0.25) is 23.6 Å². The Balaban J connectivity index is 0.000000182.